The van der Waals surface area contributed by atoms with Crippen molar-refractivity contribution in [3.63, 3.8) is 0 Å². The maximum atomic E-state index is 10.0. The second-order valence-electron chi connectivity index (χ2n) is 5.80. The average molecular weight is 340 g/mol. The number of nitrogens with zero attached hydrogens (tertiary/aromatic N) is 4. The number of aromatic hydroxyl groups is 1. The highest BCUT2D eigenvalue weighted by atomic mass is 16.5. The van der Waals surface area contributed by atoms with Gasteiger partial charge in [-0.05, 0) is 30.2 Å². The smallest absolute Gasteiger partial charge is 0.183 e. The van der Waals surface area contributed by atoms with Crippen molar-refractivity contribution in [3.8, 4) is 17.2 Å². The van der Waals surface area contributed by atoms with Gasteiger partial charge in [0.05, 0.1) is 25.6 Å². The predicted molar refractivity (Wildman–Crippen MR) is 94.7 cm³/mol. The van der Waals surface area contributed by atoms with Gasteiger partial charge in [0.1, 0.15) is 0 Å². The Kier molecular flexibility index (Phi) is 4.56. The summed E-state index contributed by atoms with van der Waals surface area (Å²) in [5.74, 6) is 2.05. The van der Waals surface area contributed by atoms with E-state index in [4.69, 9.17) is 9.47 Å². The van der Waals surface area contributed by atoms with E-state index in [0.717, 1.165) is 5.69 Å². The van der Waals surface area contributed by atoms with Crippen LogP contribution < -0.4 is 9.47 Å². The number of aromatic nitrogens is 2. The summed E-state index contributed by atoms with van der Waals surface area (Å²) in [4.78, 5) is 4.50. The zero-order chi connectivity index (χ0) is 18.0. The van der Waals surface area contributed by atoms with E-state index in [1.165, 1.54) is 0 Å². The normalized spacial score (nSPS) is 11.6. The fourth-order valence-corrected chi connectivity index (χ4v) is 2.54. The minimum atomic E-state index is 0.108. The third-order valence-electron chi connectivity index (χ3n) is 3.80. The number of pyridine rings is 1. The molecule has 3 rings (SSSR count). The molecule has 0 saturated heterocycles. The molecule has 0 saturated carbocycles. The first-order valence-electron chi connectivity index (χ1n) is 7.88. The van der Waals surface area contributed by atoms with E-state index in [2.05, 4.69) is 15.2 Å². The average Bonchev–Trinajstić information content (AvgIpc) is 3.00. The lowest BCUT2D eigenvalue weighted by atomic mass is 10.1. The van der Waals surface area contributed by atoms with Crippen LogP contribution in [0.15, 0.2) is 46.8 Å². The monoisotopic (exact) mass is 340 g/mol. The summed E-state index contributed by atoms with van der Waals surface area (Å²) in [6.07, 6.45) is 1.80. The molecular formula is C18H20N4O3. The minimum Gasteiger partial charge on any atom is -0.504 e. The first-order chi connectivity index (χ1) is 12.0. The van der Waals surface area contributed by atoms with Crippen LogP contribution in [0.3, 0.4) is 0 Å². The molecule has 1 N–H and O–H groups in total. The number of hydrogen-bond donors (Lipinski definition) is 1. The van der Waals surface area contributed by atoms with Crippen LogP contribution in [0.2, 0.25) is 0 Å². The minimum absolute atomic E-state index is 0.108. The van der Waals surface area contributed by atoms with Gasteiger partial charge in [0.2, 0.25) is 0 Å². The lowest BCUT2D eigenvalue weighted by molar-refractivity contribution is 0.355. The fourth-order valence-electron chi connectivity index (χ4n) is 2.54. The summed E-state index contributed by atoms with van der Waals surface area (Å²) in [6.45, 7) is 4.04. The molecule has 0 bridgehead atoms. The van der Waals surface area contributed by atoms with Crippen LogP contribution in [0.1, 0.15) is 25.5 Å². The summed E-state index contributed by atoms with van der Waals surface area (Å²) in [5, 5.41) is 18.7. The second kappa shape index (κ2) is 6.80. The van der Waals surface area contributed by atoms with Crippen LogP contribution in [0.25, 0.3) is 5.65 Å². The Bertz CT molecular complexity index is 931. The van der Waals surface area contributed by atoms with E-state index < -0.39 is 0 Å². The van der Waals surface area contributed by atoms with Crippen LogP contribution in [-0.4, -0.2) is 28.7 Å². The molecule has 0 spiro atoms. The number of fused-ring (bicyclic) bond motifs is 1. The Labute approximate surface area is 145 Å². The van der Waals surface area contributed by atoms with Gasteiger partial charge in [-0.15, -0.1) is 10.2 Å². The molecule has 7 heteroatoms. The van der Waals surface area contributed by atoms with E-state index >= 15 is 0 Å². The standard InChI is InChI=1S/C18H20N4O3/c1-11(2)16-18(22-9-5-6-13(23)17(22)19-16)21-20-12-7-8-14(24-3)15(10-12)25-4/h5-11,23H,1-4H3. The first kappa shape index (κ1) is 16.8. The lowest BCUT2D eigenvalue weighted by Gasteiger charge is -2.07. The molecular weight excluding hydrogens is 320 g/mol. The molecule has 0 aliphatic rings. The number of methoxy groups -OCH3 is 2. The third kappa shape index (κ3) is 3.13. The summed E-state index contributed by atoms with van der Waals surface area (Å²) in [5.41, 5.74) is 1.86. The van der Waals surface area contributed by atoms with E-state index in [1.807, 2.05) is 13.8 Å². The summed E-state index contributed by atoms with van der Waals surface area (Å²) in [6, 6.07) is 8.65. The lowest BCUT2D eigenvalue weighted by Crippen LogP contribution is -1.89. The van der Waals surface area contributed by atoms with Crippen LogP contribution in [0, 0.1) is 0 Å². The maximum absolute atomic E-state index is 10.0. The highest BCUT2D eigenvalue weighted by Gasteiger charge is 2.17. The Morgan fingerprint density at radius 3 is 2.52 bits per heavy atom. The van der Waals surface area contributed by atoms with Crippen molar-refractivity contribution in [2.24, 2.45) is 10.2 Å². The van der Waals surface area contributed by atoms with Crippen molar-refractivity contribution in [2.75, 3.05) is 14.2 Å². The SMILES string of the molecule is COc1ccc(N=Nc2c(C(C)C)nc3c(O)cccn23)cc1OC. The predicted octanol–water partition coefficient (Wildman–Crippen LogP) is 4.60. The molecule has 2 heterocycles. The van der Waals surface area contributed by atoms with Crippen molar-refractivity contribution in [3.05, 3.63) is 42.2 Å². The van der Waals surface area contributed by atoms with Crippen LogP contribution in [0.5, 0.6) is 17.2 Å². The Morgan fingerprint density at radius 1 is 1.08 bits per heavy atom. The zero-order valence-electron chi connectivity index (χ0n) is 14.6. The topological polar surface area (TPSA) is 80.7 Å². The van der Waals surface area contributed by atoms with Crippen molar-refractivity contribution in [1.82, 2.24) is 9.38 Å². The highest BCUT2D eigenvalue weighted by Crippen LogP contribution is 2.34. The van der Waals surface area contributed by atoms with Crippen LogP contribution >= 0.6 is 0 Å². The Balaban J connectivity index is 2.07. The van der Waals surface area contributed by atoms with E-state index in [0.29, 0.717) is 28.7 Å². The number of hydrogen-bond acceptors (Lipinski definition) is 6. The van der Waals surface area contributed by atoms with E-state index in [-0.39, 0.29) is 11.7 Å². The van der Waals surface area contributed by atoms with Gasteiger partial charge < -0.3 is 14.6 Å². The summed E-state index contributed by atoms with van der Waals surface area (Å²) in [7, 11) is 3.15. The summed E-state index contributed by atoms with van der Waals surface area (Å²) >= 11 is 0. The Morgan fingerprint density at radius 2 is 1.84 bits per heavy atom. The molecule has 25 heavy (non-hydrogen) atoms. The maximum Gasteiger partial charge on any atom is 0.183 e. The molecule has 0 aliphatic carbocycles. The van der Waals surface area contributed by atoms with E-state index in [9.17, 15) is 5.11 Å². The van der Waals surface area contributed by atoms with Gasteiger partial charge in [-0.1, -0.05) is 13.8 Å². The molecule has 0 unspecified atom stereocenters. The molecule has 1 aromatic carbocycles. The molecule has 3 aromatic rings. The highest BCUT2D eigenvalue weighted by molar-refractivity contribution is 5.61. The van der Waals surface area contributed by atoms with Gasteiger partial charge in [-0.2, -0.15) is 0 Å². The second-order valence-corrected chi connectivity index (χ2v) is 5.80. The number of benzene rings is 1. The number of ether oxygens (including phenoxy) is 2. The molecule has 0 atom stereocenters. The Hall–Kier alpha value is -3.09. The van der Waals surface area contributed by atoms with Gasteiger partial charge in [0, 0.05) is 12.3 Å². The van der Waals surface area contributed by atoms with Crippen LogP contribution in [0.4, 0.5) is 11.5 Å². The van der Waals surface area contributed by atoms with Crippen molar-refractivity contribution < 1.29 is 14.6 Å². The number of imidazole rings is 1. The molecule has 0 radical (unpaired) electrons. The van der Waals surface area contributed by atoms with E-state index in [1.54, 1.807) is 55.1 Å². The molecule has 2 aromatic heterocycles. The fraction of sp³-hybridized carbons (Fsp3) is 0.278. The molecule has 0 aliphatic heterocycles. The van der Waals surface area contributed by atoms with Gasteiger partial charge in [0.15, 0.2) is 28.7 Å². The largest absolute Gasteiger partial charge is 0.504 e. The van der Waals surface area contributed by atoms with Crippen molar-refractivity contribution >= 4 is 17.2 Å². The van der Waals surface area contributed by atoms with Crippen molar-refractivity contribution in [2.45, 2.75) is 19.8 Å². The molecule has 0 fully saturated rings. The summed E-state index contributed by atoms with van der Waals surface area (Å²) < 4.78 is 12.2. The molecule has 130 valence electrons. The zero-order valence-corrected chi connectivity index (χ0v) is 14.6. The van der Waals surface area contributed by atoms with Crippen molar-refractivity contribution in [1.29, 1.82) is 0 Å². The number of azo groups is 1. The van der Waals surface area contributed by atoms with Gasteiger partial charge in [-0.3, -0.25) is 4.40 Å². The quantitative estimate of drug-likeness (QED) is 0.689. The van der Waals surface area contributed by atoms with Gasteiger partial charge in [0.25, 0.3) is 0 Å². The third-order valence-corrected chi connectivity index (χ3v) is 3.80. The molecule has 0 amide bonds. The number of rotatable bonds is 5. The van der Waals surface area contributed by atoms with Crippen LogP contribution in [-0.2, 0) is 0 Å². The molecule has 7 nitrogen and oxygen atoms in total. The van der Waals surface area contributed by atoms with Gasteiger partial charge in [-0.25, -0.2) is 4.98 Å². The van der Waals surface area contributed by atoms with Gasteiger partial charge >= 0.3 is 0 Å². The first-order valence-corrected chi connectivity index (χ1v) is 7.88.